The minimum absolute atomic E-state index is 0.0159. The lowest BCUT2D eigenvalue weighted by Gasteiger charge is -2.61. The Bertz CT molecular complexity index is 1030. The normalized spacial score (nSPS) is 54.6. The maximum Gasteiger partial charge on any atom is 0.333 e. The zero-order chi connectivity index (χ0) is 24.4. The molecule has 0 aromatic rings. The average Bonchev–Trinajstić information content (AvgIpc) is 3.55. The average molecular weight is 471 g/mol. The van der Waals surface area contributed by atoms with Crippen LogP contribution in [0.25, 0.3) is 0 Å². The van der Waals surface area contributed by atoms with Gasteiger partial charge in [-0.15, -0.1) is 0 Å². The number of epoxide rings is 1. The van der Waals surface area contributed by atoms with Crippen molar-refractivity contribution in [3.05, 3.63) is 23.3 Å². The predicted octanol–water partition coefficient (Wildman–Crippen LogP) is 3.50. The largest absolute Gasteiger partial charge is 0.458 e. The summed E-state index contributed by atoms with van der Waals surface area (Å²) in [6.45, 7) is 9.99. The van der Waals surface area contributed by atoms with Crippen molar-refractivity contribution in [2.45, 2.75) is 103 Å². The predicted molar refractivity (Wildman–Crippen MR) is 125 cm³/mol. The minimum Gasteiger partial charge on any atom is -0.458 e. The van der Waals surface area contributed by atoms with E-state index in [9.17, 15) is 19.8 Å². The van der Waals surface area contributed by atoms with Crippen LogP contribution in [0.2, 0.25) is 0 Å². The van der Waals surface area contributed by atoms with Crippen molar-refractivity contribution in [2.24, 2.45) is 34.5 Å². The number of hydrogen-bond acceptors (Lipinski definition) is 6. The summed E-state index contributed by atoms with van der Waals surface area (Å²) in [5.74, 6) is -0.0746. The van der Waals surface area contributed by atoms with E-state index in [-0.39, 0.29) is 59.2 Å². The van der Waals surface area contributed by atoms with Gasteiger partial charge in [0.2, 0.25) is 0 Å². The Morgan fingerprint density at radius 3 is 2.50 bits per heavy atom. The second-order valence-electron chi connectivity index (χ2n) is 12.7. The zero-order valence-electron chi connectivity index (χ0n) is 21.0. The van der Waals surface area contributed by atoms with Crippen LogP contribution in [-0.2, 0) is 19.1 Å². The summed E-state index contributed by atoms with van der Waals surface area (Å²) in [7, 11) is 0. The van der Waals surface area contributed by atoms with E-state index in [1.54, 1.807) is 19.1 Å². The van der Waals surface area contributed by atoms with Crippen molar-refractivity contribution < 1.29 is 29.3 Å². The molecule has 6 heteroatoms. The molecule has 0 amide bonds. The molecule has 0 aromatic heterocycles. The van der Waals surface area contributed by atoms with Gasteiger partial charge in [-0.25, -0.2) is 4.79 Å². The fourth-order valence-electron chi connectivity index (χ4n) is 9.27. The highest BCUT2D eigenvalue weighted by atomic mass is 16.6. The lowest BCUT2D eigenvalue weighted by Crippen LogP contribution is -2.68. The van der Waals surface area contributed by atoms with Crippen LogP contribution < -0.4 is 0 Å². The van der Waals surface area contributed by atoms with Gasteiger partial charge in [-0.1, -0.05) is 25.5 Å². The number of hydrogen-bond donors (Lipinski definition) is 2. The maximum atomic E-state index is 13.3. The van der Waals surface area contributed by atoms with Crippen LogP contribution in [0.3, 0.4) is 0 Å². The second-order valence-corrected chi connectivity index (χ2v) is 12.7. The summed E-state index contributed by atoms with van der Waals surface area (Å²) in [5.41, 5.74) is -1.60. The first-order chi connectivity index (χ1) is 15.9. The van der Waals surface area contributed by atoms with Crippen molar-refractivity contribution in [3.8, 4) is 0 Å². The highest BCUT2D eigenvalue weighted by molar-refractivity contribution is 5.97. The molecule has 2 aliphatic heterocycles. The molecule has 0 radical (unpaired) electrons. The fraction of sp³-hybridized carbons (Fsp3) is 0.786. The van der Waals surface area contributed by atoms with Gasteiger partial charge in [-0.05, 0) is 82.1 Å². The molecule has 0 aromatic carbocycles. The Hall–Kier alpha value is -1.50. The lowest BCUT2D eigenvalue weighted by molar-refractivity contribution is -0.202. The van der Waals surface area contributed by atoms with Crippen molar-refractivity contribution in [2.75, 3.05) is 0 Å². The molecule has 4 fully saturated rings. The van der Waals surface area contributed by atoms with Crippen LogP contribution in [0.5, 0.6) is 0 Å². The Morgan fingerprint density at radius 1 is 1.09 bits per heavy atom. The van der Waals surface area contributed by atoms with Crippen LogP contribution in [0.15, 0.2) is 23.3 Å². The number of ether oxygens (including phenoxy) is 2. The maximum absolute atomic E-state index is 13.3. The molecule has 0 bridgehead atoms. The highest BCUT2D eigenvalue weighted by Gasteiger charge is 2.78. The molecule has 0 spiro atoms. The van der Waals surface area contributed by atoms with Crippen LogP contribution in [0.4, 0.5) is 0 Å². The fourth-order valence-corrected chi connectivity index (χ4v) is 9.27. The van der Waals surface area contributed by atoms with Crippen LogP contribution in [0.1, 0.15) is 73.1 Å². The molecule has 11 atom stereocenters. The van der Waals surface area contributed by atoms with E-state index in [2.05, 4.69) is 6.92 Å². The smallest absolute Gasteiger partial charge is 0.333 e. The quantitative estimate of drug-likeness (QED) is 0.474. The Morgan fingerprint density at radius 2 is 1.79 bits per heavy atom. The number of cyclic esters (lactones) is 1. The molecule has 34 heavy (non-hydrogen) atoms. The van der Waals surface area contributed by atoms with E-state index < -0.39 is 16.6 Å². The van der Waals surface area contributed by atoms with Crippen molar-refractivity contribution in [3.63, 3.8) is 0 Å². The number of carbonyl (C=O) groups is 2. The number of ketones is 1. The Kier molecular flexibility index (Phi) is 4.61. The molecular weight excluding hydrogens is 432 g/mol. The van der Waals surface area contributed by atoms with Gasteiger partial charge < -0.3 is 19.7 Å². The third-order valence-electron chi connectivity index (χ3n) is 11.8. The van der Waals surface area contributed by atoms with Crippen LogP contribution in [0, 0.1) is 34.5 Å². The summed E-state index contributed by atoms with van der Waals surface area (Å²) in [6, 6.07) is 0. The zero-order valence-corrected chi connectivity index (χ0v) is 21.0. The monoisotopic (exact) mass is 470 g/mol. The summed E-state index contributed by atoms with van der Waals surface area (Å²) in [5, 5.41) is 24.0. The number of esters is 1. The third kappa shape index (κ3) is 2.48. The van der Waals surface area contributed by atoms with Gasteiger partial charge >= 0.3 is 5.97 Å². The second kappa shape index (κ2) is 6.83. The molecule has 2 N–H and O–H groups in total. The highest BCUT2D eigenvalue weighted by Crippen LogP contribution is 2.72. The molecule has 1 saturated heterocycles. The van der Waals surface area contributed by atoms with Gasteiger partial charge in [0, 0.05) is 17.9 Å². The molecule has 4 aliphatic carbocycles. The standard InChI is InChI=1S/C28H38O6/c1-14-13-19(33-24(30)15(14)2)16(3)27(31)12-9-17-21-18(8-11-25(17,27)4)26(5)20(29)7-6-10-28(26,32)23-22(21)34-23/h6-7,16-19,21-23,31-32H,8-13H2,1-5H3/t16-,17+,18+,19?,21+,22+,23+,25+,26+,27?,28?/m1/s1. The molecular formula is C28H38O6. The van der Waals surface area contributed by atoms with Gasteiger partial charge in [0.05, 0.1) is 17.1 Å². The van der Waals surface area contributed by atoms with Gasteiger partial charge in [0.25, 0.3) is 0 Å². The molecule has 6 nitrogen and oxygen atoms in total. The van der Waals surface area contributed by atoms with Gasteiger partial charge in [0.15, 0.2) is 5.78 Å². The van der Waals surface area contributed by atoms with Crippen molar-refractivity contribution in [1.29, 1.82) is 0 Å². The number of carbonyl (C=O) groups excluding carboxylic acids is 2. The van der Waals surface area contributed by atoms with Crippen molar-refractivity contribution in [1.82, 2.24) is 0 Å². The third-order valence-corrected chi connectivity index (χ3v) is 11.8. The Balaban J connectivity index is 1.34. The molecule has 186 valence electrons. The minimum atomic E-state index is -1.14. The molecule has 3 unspecified atom stereocenters. The number of fused-ring (bicyclic) bond motifs is 8. The summed E-state index contributed by atoms with van der Waals surface area (Å²) in [4.78, 5) is 25.7. The molecule has 2 heterocycles. The van der Waals surface area contributed by atoms with E-state index in [4.69, 9.17) is 9.47 Å². The Labute approximate surface area is 201 Å². The first-order valence-corrected chi connectivity index (χ1v) is 13.1. The van der Waals surface area contributed by atoms with Gasteiger partial charge in [-0.2, -0.15) is 0 Å². The van der Waals surface area contributed by atoms with Gasteiger partial charge in [0.1, 0.15) is 17.8 Å². The van der Waals surface area contributed by atoms with E-state index in [1.807, 2.05) is 20.8 Å². The SMILES string of the molecule is CC1=C(C)C(=O)OC([C@@H](C)C2(O)CC[C@H]3[C@@H]4[C@@H]5O[C@@H]5C5(O)CC=CC(=O)[C@]5(C)[C@H]4CC[C@@]32C)C1. The molecule has 6 rings (SSSR count). The number of allylic oxidation sites excluding steroid dienone is 1. The van der Waals surface area contributed by atoms with E-state index in [1.165, 1.54) is 0 Å². The topological polar surface area (TPSA) is 96.4 Å². The molecule has 6 aliphatic rings. The van der Waals surface area contributed by atoms with Gasteiger partial charge in [-0.3, -0.25) is 4.79 Å². The summed E-state index contributed by atoms with van der Waals surface area (Å²) in [6.07, 6.45) is 6.96. The van der Waals surface area contributed by atoms with E-state index in [0.29, 0.717) is 24.8 Å². The number of aliphatic hydroxyl groups is 2. The lowest BCUT2D eigenvalue weighted by atomic mass is 9.43. The summed E-state index contributed by atoms with van der Waals surface area (Å²) >= 11 is 0. The van der Waals surface area contributed by atoms with E-state index in [0.717, 1.165) is 24.8 Å². The first kappa shape index (κ1) is 22.9. The van der Waals surface area contributed by atoms with Crippen molar-refractivity contribution >= 4 is 11.8 Å². The number of rotatable bonds is 2. The van der Waals surface area contributed by atoms with E-state index >= 15 is 0 Å². The summed E-state index contributed by atoms with van der Waals surface area (Å²) < 4.78 is 12.0. The molecule has 3 saturated carbocycles. The van der Waals surface area contributed by atoms with Crippen LogP contribution >= 0.6 is 0 Å². The van der Waals surface area contributed by atoms with Crippen LogP contribution in [-0.4, -0.2) is 51.5 Å². The first-order valence-electron chi connectivity index (χ1n) is 13.1.